The van der Waals surface area contributed by atoms with Crippen molar-refractivity contribution in [1.29, 1.82) is 0 Å². The molecule has 0 atom stereocenters. The van der Waals surface area contributed by atoms with E-state index in [4.69, 9.17) is 0 Å². The Kier molecular flexibility index (Phi) is 3.39. The second kappa shape index (κ2) is 5.34. The Labute approximate surface area is 112 Å². The minimum atomic E-state index is 0.660. The number of aromatic nitrogens is 5. The Morgan fingerprint density at radius 1 is 1.26 bits per heavy atom. The van der Waals surface area contributed by atoms with Gasteiger partial charge in [-0.3, -0.25) is 0 Å². The summed E-state index contributed by atoms with van der Waals surface area (Å²) in [5.41, 5.74) is 3.15. The summed E-state index contributed by atoms with van der Waals surface area (Å²) < 4.78 is 0. The van der Waals surface area contributed by atoms with Gasteiger partial charge in [0.15, 0.2) is 5.82 Å². The van der Waals surface area contributed by atoms with E-state index in [0.29, 0.717) is 11.5 Å². The number of aryl methyl sites for hydroxylation is 1. The topological polar surface area (TPSA) is 79.4 Å². The third kappa shape index (κ3) is 2.43. The molecule has 0 saturated heterocycles. The van der Waals surface area contributed by atoms with Crippen LogP contribution in [0.3, 0.4) is 0 Å². The second-order valence-electron chi connectivity index (χ2n) is 4.81. The maximum absolute atomic E-state index is 4.65. The van der Waals surface area contributed by atoms with Crippen LogP contribution >= 0.6 is 0 Å². The van der Waals surface area contributed by atoms with Gasteiger partial charge in [0.05, 0.1) is 6.20 Å². The molecule has 2 aromatic rings. The molecule has 0 bridgehead atoms. The van der Waals surface area contributed by atoms with Gasteiger partial charge in [-0.15, -0.1) is 0 Å². The summed E-state index contributed by atoms with van der Waals surface area (Å²) in [6, 6.07) is 0. The molecule has 0 saturated carbocycles. The van der Waals surface area contributed by atoms with Crippen molar-refractivity contribution >= 4 is 5.82 Å². The maximum Gasteiger partial charge on any atom is 0.184 e. The van der Waals surface area contributed by atoms with E-state index in [-0.39, 0.29) is 0 Å². The van der Waals surface area contributed by atoms with Crippen LogP contribution in [-0.2, 0) is 12.8 Å². The number of nitrogens with zero attached hydrogens (tertiary/aromatic N) is 4. The second-order valence-corrected chi connectivity index (χ2v) is 4.81. The fourth-order valence-corrected chi connectivity index (χ4v) is 2.41. The highest BCUT2D eigenvalue weighted by atomic mass is 15.3. The molecule has 0 spiro atoms. The van der Waals surface area contributed by atoms with E-state index in [1.54, 1.807) is 6.20 Å². The van der Waals surface area contributed by atoms with Gasteiger partial charge in [0.1, 0.15) is 11.5 Å². The largest absolute Gasteiger partial charge is 0.370 e. The summed E-state index contributed by atoms with van der Waals surface area (Å²) in [7, 11) is 0. The average Bonchev–Trinajstić information content (AvgIpc) is 2.98. The summed E-state index contributed by atoms with van der Waals surface area (Å²) in [6.45, 7) is 3.08. The van der Waals surface area contributed by atoms with E-state index in [1.807, 2.05) is 0 Å². The van der Waals surface area contributed by atoms with E-state index in [2.05, 4.69) is 37.6 Å². The van der Waals surface area contributed by atoms with E-state index < -0.39 is 0 Å². The minimum Gasteiger partial charge on any atom is -0.370 e. The predicted octanol–water partition coefficient (Wildman–Crippen LogP) is 1.96. The first-order chi connectivity index (χ1) is 9.38. The molecule has 2 aromatic heterocycles. The Balaban J connectivity index is 2.02. The number of hydrogen-bond acceptors (Lipinski definition) is 5. The molecule has 0 radical (unpaired) electrons. The maximum atomic E-state index is 4.65. The third-order valence-corrected chi connectivity index (χ3v) is 3.37. The molecule has 0 amide bonds. The zero-order valence-corrected chi connectivity index (χ0v) is 11.1. The molecule has 0 fully saturated rings. The molecule has 2 N–H and O–H groups in total. The van der Waals surface area contributed by atoms with Gasteiger partial charge in [-0.25, -0.2) is 9.97 Å². The van der Waals surface area contributed by atoms with Crippen LogP contribution < -0.4 is 5.32 Å². The molecule has 6 heteroatoms. The van der Waals surface area contributed by atoms with Crippen molar-refractivity contribution in [2.45, 2.75) is 39.0 Å². The number of nitrogens with one attached hydrogen (secondary N) is 2. The van der Waals surface area contributed by atoms with Crippen molar-refractivity contribution < 1.29 is 0 Å². The van der Waals surface area contributed by atoms with Crippen LogP contribution in [0, 0.1) is 0 Å². The van der Waals surface area contributed by atoms with Gasteiger partial charge in [0, 0.05) is 17.8 Å². The van der Waals surface area contributed by atoms with Crippen LogP contribution in [0.15, 0.2) is 6.20 Å². The molecule has 0 aromatic carbocycles. The highest BCUT2D eigenvalue weighted by Crippen LogP contribution is 2.27. The molecule has 0 unspecified atom stereocenters. The quantitative estimate of drug-likeness (QED) is 0.876. The highest BCUT2D eigenvalue weighted by Gasteiger charge is 2.18. The molecule has 2 heterocycles. The van der Waals surface area contributed by atoms with Crippen LogP contribution in [0.4, 0.5) is 5.82 Å². The van der Waals surface area contributed by atoms with Gasteiger partial charge < -0.3 is 5.32 Å². The summed E-state index contributed by atoms with van der Waals surface area (Å²) in [5.74, 6) is 1.64. The number of aromatic amines is 1. The number of rotatable bonds is 4. The Bertz CT molecular complexity index is 549. The van der Waals surface area contributed by atoms with E-state index in [0.717, 1.165) is 37.3 Å². The third-order valence-electron chi connectivity index (χ3n) is 3.37. The fourth-order valence-electron chi connectivity index (χ4n) is 2.41. The van der Waals surface area contributed by atoms with Gasteiger partial charge in [-0.1, -0.05) is 6.92 Å². The average molecular weight is 258 g/mol. The molecular weight excluding hydrogens is 240 g/mol. The summed E-state index contributed by atoms with van der Waals surface area (Å²) >= 11 is 0. The summed E-state index contributed by atoms with van der Waals surface area (Å²) in [4.78, 5) is 9.27. The normalized spacial score (nSPS) is 14.2. The summed E-state index contributed by atoms with van der Waals surface area (Å²) in [5, 5.41) is 13.9. The van der Waals surface area contributed by atoms with Gasteiger partial charge in [-0.2, -0.15) is 15.4 Å². The predicted molar refractivity (Wildman–Crippen MR) is 72.8 cm³/mol. The van der Waals surface area contributed by atoms with Crippen molar-refractivity contribution in [2.75, 3.05) is 11.9 Å². The van der Waals surface area contributed by atoms with E-state index in [9.17, 15) is 0 Å². The van der Waals surface area contributed by atoms with E-state index >= 15 is 0 Å². The molecular formula is C13H18N6. The van der Waals surface area contributed by atoms with Gasteiger partial charge in [0.2, 0.25) is 0 Å². The lowest BCUT2D eigenvalue weighted by Gasteiger charge is -2.19. The molecule has 19 heavy (non-hydrogen) atoms. The van der Waals surface area contributed by atoms with Crippen LogP contribution in [0.25, 0.3) is 11.5 Å². The van der Waals surface area contributed by atoms with Gasteiger partial charge in [-0.05, 0) is 32.1 Å². The van der Waals surface area contributed by atoms with Crippen molar-refractivity contribution in [3.05, 3.63) is 17.5 Å². The highest BCUT2D eigenvalue weighted by molar-refractivity contribution is 5.56. The van der Waals surface area contributed by atoms with Crippen molar-refractivity contribution in [3.8, 4) is 11.5 Å². The summed E-state index contributed by atoms with van der Waals surface area (Å²) in [6.07, 6.45) is 7.27. The minimum absolute atomic E-state index is 0.660. The van der Waals surface area contributed by atoms with Crippen LogP contribution in [-0.4, -0.2) is 31.9 Å². The number of anilines is 1. The Morgan fingerprint density at radius 3 is 2.95 bits per heavy atom. The number of fused-ring (bicyclic) bond motifs is 1. The standard InChI is InChI=1S/C13H18N6/c1-2-7-14-12-9-5-3-4-6-10(9)16-13(17-12)11-8-15-19-18-11/h8H,2-7H2,1H3,(H,14,16,17)(H,15,18,19). The zero-order chi connectivity index (χ0) is 13.1. The van der Waals surface area contributed by atoms with Crippen LogP contribution in [0.1, 0.15) is 37.4 Å². The van der Waals surface area contributed by atoms with Gasteiger partial charge >= 0.3 is 0 Å². The Morgan fingerprint density at radius 2 is 2.16 bits per heavy atom. The molecule has 100 valence electrons. The Hall–Kier alpha value is -1.98. The molecule has 3 rings (SSSR count). The van der Waals surface area contributed by atoms with E-state index in [1.165, 1.54) is 18.4 Å². The molecule has 6 nitrogen and oxygen atoms in total. The van der Waals surface area contributed by atoms with Gasteiger partial charge in [0.25, 0.3) is 0 Å². The monoisotopic (exact) mass is 258 g/mol. The lowest BCUT2D eigenvalue weighted by molar-refractivity contribution is 0.664. The van der Waals surface area contributed by atoms with Crippen LogP contribution in [0.2, 0.25) is 0 Å². The SMILES string of the molecule is CCCNc1nc(-c2cn[nH]n2)nc2c1CCCC2. The molecule has 1 aliphatic rings. The first-order valence-corrected chi connectivity index (χ1v) is 6.88. The zero-order valence-electron chi connectivity index (χ0n) is 11.1. The lowest BCUT2D eigenvalue weighted by Crippen LogP contribution is -2.14. The fraction of sp³-hybridized carbons (Fsp3) is 0.538. The first kappa shape index (κ1) is 12.1. The smallest absolute Gasteiger partial charge is 0.184 e. The number of H-pyrrole nitrogens is 1. The molecule has 1 aliphatic carbocycles. The lowest BCUT2D eigenvalue weighted by atomic mass is 9.96. The molecule has 0 aliphatic heterocycles. The first-order valence-electron chi connectivity index (χ1n) is 6.88. The van der Waals surface area contributed by atoms with Crippen molar-refractivity contribution in [3.63, 3.8) is 0 Å². The van der Waals surface area contributed by atoms with Crippen molar-refractivity contribution in [1.82, 2.24) is 25.4 Å². The number of hydrogen-bond donors (Lipinski definition) is 2. The van der Waals surface area contributed by atoms with Crippen LogP contribution in [0.5, 0.6) is 0 Å². The van der Waals surface area contributed by atoms with Crippen molar-refractivity contribution in [2.24, 2.45) is 0 Å².